The molecule has 0 aliphatic heterocycles. The van der Waals surface area contributed by atoms with Gasteiger partial charge in [0.2, 0.25) is 0 Å². The summed E-state index contributed by atoms with van der Waals surface area (Å²) in [7, 11) is 0. The third kappa shape index (κ3) is 3.00. The van der Waals surface area contributed by atoms with Crippen LogP contribution in [-0.4, -0.2) is 9.78 Å². The molecule has 0 spiro atoms. The first-order valence-electron chi connectivity index (χ1n) is 6.43. The Morgan fingerprint density at radius 3 is 2.70 bits per heavy atom. The molecule has 3 N–H and O–H groups in total. The summed E-state index contributed by atoms with van der Waals surface area (Å²) in [5.41, 5.74) is 8.08. The van der Waals surface area contributed by atoms with Crippen LogP contribution >= 0.6 is 11.6 Å². The number of aromatic nitrogens is 2. The van der Waals surface area contributed by atoms with Gasteiger partial charge in [0.25, 0.3) is 5.56 Å². The van der Waals surface area contributed by atoms with Crippen LogP contribution in [0.4, 0.5) is 5.69 Å². The van der Waals surface area contributed by atoms with Crippen LogP contribution in [0, 0.1) is 0 Å². The first-order valence-corrected chi connectivity index (χ1v) is 6.81. The molecule has 0 fully saturated rings. The first kappa shape index (κ1) is 14.6. The Hall–Kier alpha value is -1.85. The fourth-order valence-corrected chi connectivity index (χ4v) is 2.15. The number of rotatable bonds is 5. The van der Waals surface area contributed by atoms with E-state index in [0.717, 1.165) is 11.1 Å². The summed E-state index contributed by atoms with van der Waals surface area (Å²) >= 11 is 6.06. The predicted octanol–water partition coefficient (Wildman–Crippen LogP) is 1.99. The highest BCUT2D eigenvalue weighted by atomic mass is 35.5. The van der Waals surface area contributed by atoms with Crippen molar-refractivity contribution in [2.75, 3.05) is 5.32 Å². The summed E-state index contributed by atoms with van der Waals surface area (Å²) in [6, 6.07) is 7.86. The average molecular weight is 293 g/mol. The zero-order valence-electron chi connectivity index (χ0n) is 11.3. The molecule has 6 heteroatoms. The lowest BCUT2D eigenvalue weighted by molar-refractivity contribution is 0.616. The van der Waals surface area contributed by atoms with Gasteiger partial charge in [-0.3, -0.25) is 4.79 Å². The minimum atomic E-state index is -0.286. The summed E-state index contributed by atoms with van der Waals surface area (Å²) < 4.78 is 1.32. The van der Waals surface area contributed by atoms with Crippen molar-refractivity contribution >= 4 is 17.3 Å². The van der Waals surface area contributed by atoms with Crippen molar-refractivity contribution < 1.29 is 0 Å². The van der Waals surface area contributed by atoms with Crippen molar-refractivity contribution in [3.8, 4) is 0 Å². The molecule has 0 aliphatic rings. The molecule has 2 rings (SSSR count). The third-order valence-corrected chi connectivity index (χ3v) is 3.46. The maximum Gasteiger partial charge on any atom is 0.287 e. The monoisotopic (exact) mass is 292 g/mol. The van der Waals surface area contributed by atoms with Crippen molar-refractivity contribution in [2.45, 2.75) is 26.6 Å². The molecule has 0 bridgehead atoms. The molecule has 1 aromatic heterocycles. The van der Waals surface area contributed by atoms with Gasteiger partial charge in [0.1, 0.15) is 5.02 Å². The number of hydrogen-bond acceptors (Lipinski definition) is 4. The highest BCUT2D eigenvalue weighted by Gasteiger charge is 2.08. The highest BCUT2D eigenvalue weighted by Crippen LogP contribution is 2.17. The standard InChI is InChI=1S/C14H17ClN4O/c1-2-19-14(20)13(15)12(9-18-19)17-8-11-6-4-3-5-10(11)7-16/h3-6,9,17H,2,7-8,16H2,1H3. The fraction of sp³-hybridized carbons (Fsp3) is 0.286. The Kier molecular flexibility index (Phi) is 4.76. The summed E-state index contributed by atoms with van der Waals surface area (Å²) in [4.78, 5) is 11.9. The molecule has 0 saturated carbocycles. The van der Waals surface area contributed by atoms with Gasteiger partial charge in [-0.25, -0.2) is 4.68 Å². The second kappa shape index (κ2) is 6.54. The quantitative estimate of drug-likeness (QED) is 0.884. The largest absolute Gasteiger partial charge is 0.378 e. The Morgan fingerprint density at radius 2 is 2.05 bits per heavy atom. The van der Waals surface area contributed by atoms with Crippen LogP contribution in [0.1, 0.15) is 18.1 Å². The van der Waals surface area contributed by atoms with Gasteiger partial charge >= 0.3 is 0 Å². The first-order chi connectivity index (χ1) is 9.67. The molecule has 20 heavy (non-hydrogen) atoms. The van der Waals surface area contributed by atoms with Gasteiger partial charge in [-0.15, -0.1) is 0 Å². The molecule has 0 radical (unpaired) electrons. The number of anilines is 1. The smallest absolute Gasteiger partial charge is 0.287 e. The maximum atomic E-state index is 11.9. The van der Waals surface area contributed by atoms with Crippen LogP contribution in [0.2, 0.25) is 5.02 Å². The molecule has 1 heterocycles. The summed E-state index contributed by atoms with van der Waals surface area (Å²) in [6.45, 7) is 3.36. The molecule has 2 aromatic rings. The zero-order valence-corrected chi connectivity index (χ0v) is 12.0. The lowest BCUT2D eigenvalue weighted by Crippen LogP contribution is -2.23. The lowest BCUT2D eigenvalue weighted by atomic mass is 10.1. The zero-order chi connectivity index (χ0) is 14.5. The van der Waals surface area contributed by atoms with E-state index in [2.05, 4.69) is 10.4 Å². The average Bonchev–Trinajstić information content (AvgIpc) is 2.49. The lowest BCUT2D eigenvalue weighted by Gasteiger charge is -2.11. The van der Waals surface area contributed by atoms with E-state index < -0.39 is 0 Å². The van der Waals surface area contributed by atoms with Crippen LogP contribution in [0.5, 0.6) is 0 Å². The number of nitrogens with zero attached hydrogens (tertiary/aromatic N) is 2. The van der Waals surface area contributed by atoms with Gasteiger partial charge in [-0.05, 0) is 18.1 Å². The Balaban J connectivity index is 2.19. The van der Waals surface area contributed by atoms with E-state index in [0.29, 0.717) is 25.3 Å². The highest BCUT2D eigenvalue weighted by molar-refractivity contribution is 6.32. The summed E-state index contributed by atoms with van der Waals surface area (Å²) in [5, 5.41) is 7.34. The Bertz CT molecular complexity index is 654. The number of aryl methyl sites for hydroxylation is 1. The van der Waals surface area contributed by atoms with Crippen molar-refractivity contribution in [3.63, 3.8) is 0 Å². The van der Waals surface area contributed by atoms with Crippen LogP contribution in [0.3, 0.4) is 0 Å². The van der Waals surface area contributed by atoms with E-state index in [1.165, 1.54) is 4.68 Å². The number of benzene rings is 1. The van der Waals surface area contributed by atoms with Crippen molar-refractivity contribution in [2.24, 2.45) is 5.73 Å². The van der Waals surface area contributed by atoms with Crippen LogP contribution in [-0.2, 0) is 19.6 Å². The fourth-order valence-electron chi connectivity index (χ4n) is 1.93. The predicted molar refractivity (Wildman–Crippen MR) is 80.8 cm³/mol. The van der Waals surface area contributed by atoms with E-state index in [-0.39, 0.29) is 10.6 Å². The molecular weight excluding hydrogens is 276 g/mol. The van der Waals surface area contributed by atoms with Crippen molar-refractivity contribution in [1.82, 2.24) is 9.78 Å². The molecule has 106 valence electrons. The van der Waals surface area contributed by atoms with E-state index in [1.807, 2.05) is 31.2 Å². The topological polar surface area (TPSA) is 72.9 Å². The second-order valence-corrected chi connectivity index (χ2v) is 4.70. The van der Waals surface area contributed by atoms with E-state index in [4.69, 9.17) is 17.3 Å². The van der Waals surface area contributed by atoms with Crippen LogP contribution in [0.25, 0.3) is 0 Å². The molecule has 0 amide bonds. The maximum absolute atomic E-state index is 11.9. The molecule has 0 unspecified atom stereocenters. The minimum absolute atomic E-state index is 0.159. The van der Waals surface area contributed by atoms with Crippen LogP contribution in [0.15, 0.2) is 35.3 Å². The number of nitrogens with one attached hydrogen (secondary N) is 1. The minimum Gasteiger partial charge on any atom is -0.378 e. The van der Waals surface area contributed by atoms with Gasteiger partial charge in [0.05, 0.1) is 11.9 Å². The summed E-state index contributed by atoms with van der Waals surface area (Å²) in [5.74, 6) is 0. The SMILES string of the molecule is CCn1ncc(NCc2ccccc2CN)c(Cl)c1=O. The normalized spacial score (nSPS) is 10.6. The van der Waals surface area contributed by atoms with Gasteiger partial charge in [-0.1, -0.05) is 35.9 Å². The molecular formula is C14H17ClN4O. The van der Waals surface area contributed by atoms with Gasteiger partial charge in [-0.2, -0.15) is 5.10 Å². The Labute approximate surface area is 122 Å². The number of hydrogen-bond donors (Lipinski definition) is 2. The number of halogens is 1. The molecule has 0 aliphatic carbocycles. The van der Waals surface area contributed by atoms with E-state index in [9.17, 15) is 4.79 Å². The molecule has 1 aromatic carbocycles. The second-order valence-electron chi connectivity index (χ2n) is 4.32. The molecule has 0 atom stereocenters. The van der Waals surface area contributed by atoms with Gasteiger partial charge in [0.15, 0.2) is 0 Å². The van der Waals surface area contributed by atoms with Gasteiger partial charge < -0.3 is 11.1 Å². The van der Waals surface area contributed by atoms with Gasteiger partial charge in [0, 0.05) is 19.6 Å². The van der Waals surface area contributed by atoms with Crippen molar-refractivity contribution in [3.05, 3.63) is 57.0 Å². The third-order valence-electron chi connectivity index (χ3n) is 3.09. The Morgan fingerprint density at radius 1 is 1.35 bits per heavy atom. The van der Waals surface area contributed by atoms with E-state index in [1.54, 1.807) is 6.20 Å². The molecule has 0 saturated heterocycles. The van der Waals surface area contributed by atoms with Crippen molar-refractivity contribution in [1.29, 1.82) is 0 Å². The van der Waals surface area contributed by atoms with Crippen LogP contribution < -0.4 is 16.6 Å². The molecule has 5 nitrogen and oxygen atoms in total. The van der Waals surface area contributed by atoms with E-state index >= 15 is 0 Å². The summed E-state index contributed by atoms with van der Waals surface area (Å²) in [6.07, 6.45) is 1.57. The number of nitrogens with two attached hydrogens (primary N) is 1.